The molecule has 0 saturated carbocycles. The maximum atomic E-state index is 6.23. The molecular weight excluding hydrogens is 334 g/mol. The van der Waals surface area contributed by atoms with E-state index in [1.807, 2.05) is 31.2 Å². The summed E-state index contributed by atoms with van der Waals surface area (Å²) in [6.07, 6.45) is 1.14. The van der Waals surface area contributed by atoms with Crippen molar-refractivity contribution in [3.8, 4) is 11.5 Å². The molecule has 0 atom stereocenters. The van der Waals surface area contributed by atoms with Crippen LogP contribution < -0.4 is 14.8 Å². The highest BCUT2D eigenvalue weighted by Gasteiger charge is 2.28. The molecule has 0 aliphatic heterocycles. The van der Waals surface area contributed by atoms with Crippen LogP contribution in [0, 0.1) is 5.41 Å². The first-order chi connectivity index (χ1) is 12.7. The Bertz CT molecular complexity index is 702. The maximum absolute atomic E-state index is 6.23. The van der Waals surface area contributed by atoms with E-state index in [-0.39, 0.29) is 5.54 Å². The van der Waals surface area contributed by atoms with Crippen LogP contribution in [0.3, 0.4) is 0 Å². The number of quaternary nitrogens is 1. The predicted molar refractivity (Wildman–Crippen MR) is 112 cm³/mol. The highest BCUT2D eigenvalue weighted by Crippen LogP contribution is 2.32. The van der Waals surface area contributed by atoms with Crippen LogP contribution in [0.25, 0.3) is 0 Å². The highest BCUT2D eigenvalue weighted by molar-refractivity contribution is 5.46. The molecule has 2 aromatic carbocycles. The molecular formula is C24H36NO2+. The third-order valence-corrected chi connectivity index (χ3v) is 4.45. The van der Waals surface area contributed by atoms with Crippen molar-refractivity contribution < 1.29 is 14.8 Å². The molecule has 2 N–H and O–H groups in total. The van der Waals surface area contributed by atoms with Gasteiger partial charge in [0.25, 0.3) is 0 Å². The molecule has 0 aliphatic rings. The SMILES string of the molecule is CCOc1cccc(C[NH2+]C(C)(C)CC(C)(C)C)c1OCc1ccccc1. The van der Waals surface area contributed by atoms with Gasteiger partial charge in [-0.3, -0.25) is 0 Å². The second kappa shape index (κ2) is 9.27. The molecule has 0 fully saturated rings. The molecule has 148 valence electrons. The minimum Gasteiger partial charge on any atom is -0.490 e. The number of rotatable bonds is 9. The number of hydrogen-bond donors (Lipinski definition) is 1. The molecule has 3 nitrogen and oxygen atoms in total. The summed E-state index contributed by atoms with van der Waals surface area (Å²) in [6.45, 7) is 15.6. The van der Waals surface area contributed by atoms with E-state index in [1.165, 1.54) is 5.56 Å². The van der Waals surface area contributed by atoms with Crippen LogP contribution in [0.1, 0.15) is 59.1 Å². The van der Waals surface area contributed by atoms with Gasteiger partial charge in [0, 0.05) is 6.42 Å². The smallest absolute Gasteiger partial charge is 0.170 e. The first-order valence-corrected chi connectivity index (χ1v) is 9.96. The van der Waals surface area contributed by atoms with E-state index < -0.39 is 0 Å². The van der Waals surface area contributed by atoms with E-state index in [0.29, 0.717) is 18.6 Å². The summed E-state index contributed by atoms with van der Waals surface area (Å²) < 4.78 is 12.1. The van der Waals surface area contributed by atoms with Gasteiger partial charge in [0.15, 0.2) is 11.5 Å². The zero-order chi connectivity index (χ0) is 19.9. The molecule has 0 amide bonds. The lowest BCUT2D eigenvalue weighted by atomic mass is 9.81. The summed E-state index contributed by atoms with van der Waals surface area (Å²) in [5.41, 5.74) is 2.81. The van der Waals surface area contributed by atoms with Crippen molar-refractivity contribution in [2.24, 2.45) is 5.41 Å². The third-order valence-electron chi connectivity index (χ3n) is 4.45. The van der Waals surface area contributed by atoms with E-state index in [4.69, 9.17) is 9.47 Å². The Labute approximate surface area is 165 Å². The van der Waals surface area contributed by atoms with Gasteiger partial charge in [-0.2, -0.15) is 0 Å². The average molecular weight is 371 g/mol. The molecule has 2 rings (SSSR count). The van der Waals surface area contributed by atoms with Crippen molar-refractivity contribution in [1.29, 1.82) is 0 Å². The number of nitrogens with two attached hydrogens (primary N) is 1. The van der Waals surface area contributed by atoms with Gasteiger partial charge in [0.1, 0.15) is 13.2 Å². The molecule has 3 heteroatoms. The molecule has 0 radical (unpaired) electrons. The van der Waals surface area contributed by atoms with Gasteiger partial charge in [-0.1, -0.05) is 57.2 Å². The van der Waals surface area contributed by atoms with Crippen molar-refractivity contribution in [3.05, 3.63) is 59.7 Å². The quantitative estimate of drug-likeness (QED) is 0.678. The topological polar surface area (TPSA) is 35.1 Å². The molecule has 0 unspecified atom stereocenters. The van der Waals surface area contributed by atoms with Crippen LogP contribution in [0.4, 0.5) is 0 Å². The van der Waals surface area contributed by atoms with E-state index in [9.17, 15) is 0 Å². The Morgan fingerprint density at radius 2 is 1.56 bits per heavy atom. The predicted octanol–water partition coefficient (Wildman–Crippen LogP) is 4.94. The van der Waals surface area contributed by atoms with Gasteiger partial charge in [-0.05, 0) is 43.9 Å². The standard InChI is InChI=1S/C24H35NO2/c1-7-26-21-15-11-14-20(16-25-24(5,6)18-23(2,3)4)22(21)27-17-19-12-9-8-10-13-19/h8-15,25H,7,16-18H2,1-6H3/p+1. The normalized spacial score (nSPS) is 12.1. The first kappa shape index (κ1) is 21.3. The molecule has 0 aromatic heterocycles. The van der Waals surface area contributed by atoms with Crippen molar-refractivity contribution in [3.63, 3.8) is 0 Å². The number of hydrogen-bond acceptors (Lipinski definition) is 2. The van der Waals surface area contributed by atoms with Gasteiger partial charge in [-0.15, -0.1) is 0 Å². The fourth-order valence-electron chi connectivity index (χ4n) is 3.71. The fraction of sp³-hybridized carbons (Fsp3) is 0.500. The van der Waals surface area contributed by atoms with Crippen molar-refractivity contribution in [2.45, 2.75) is 66.7 Å². The Hall–Kier alpha value is -2.00. The Morgan fingerprint density at radius 1 is 0.852 bits per heavy atom. The van der Waals surface area contributed by atoms with E-state index in [1.54, 1.807) is 0 Å². The van der Waals surface area contributed by atoms with E-state index in [2.05, 4.69) is 64.2 Å². The summed E-state index contributed by atoms with van der Waals surface area (Å²) in [7, 11) is 0. The zero-order valence-electron chi connectivity index (χ0n) is 17.8. The highest BCUT2D eigenvalue weighted by atomic mass is 16.5. The summed E-state index contributed by atoms with van der Waals surface area (Å²) in [5.74, 6) is 1.69. The Morgan fingerprint density at radius 3 is 2.19 bits per heavy atom. The maximum Gasteiger partial charge on any atom is 0.170 e. The van der Waals surface area contributed by atoms with Crippen molar-refractivity contribution >= 4 is 0 Å². The van der Waals surface area contributed by atoms with Gasteiger partial charge < -0.3 is 14.8 Å². The van der Waals surface area contributed by atoms with Crippen LogP contribution in [-0.4, -0.2) is 12.1 Å². The van der Waals surface area contributed by atoms with E-state index in [0.717, 1.165) is 30.0 Å². The molecule has 0 aliphatic carbocycles. The molecule has 2 aromatic rings. The van der Waals surface area contributed by atoms with Crippen molar-refractivity contribution in [2.75, 3.05) is 6.61 Å². The molecule has 0 saturated heterocycles. The largest absolute Gasteiger partial charge is 0.490 e. The zero-order valence-corrected chi connectivity index (χ0v) is 17.8. The van der Waals surface area contributed by atoms with Crippen LogP contribution in [0.2, 0.25) is 0 Å². The minimum absolute atomic E-state index is 0.163. The van der Waals surface area contributed by atoms with E-state index >= 15 is 0 Å². The van der Waals surface area contributed by atoms with Gasteiger partial charge >= 0.3 is 0 Å². The van der Waals surface area contributed by atoms with Gasteiger partial charge in [-0.25, -0.2) is 0 Å². The number of para-hydroxylation sites is 1. The van der Waals surface area contributed by atoms with Crippen LogP contribution in [0.5, 0.6) is 11.5 Å². The number of ether oxygens (including phenoxy) is 2. The number of benzene rings is 2. The molecule has 27 heavy (non-hydrogen) atoms. The third kappa shape index (κ3) is 7.26. The molecule has 0 spiro atoms. The van der Waals surface area contributed by atoms with Crippen LogP contribution in [0.15, 0.2) is 48.5 Å². The second-order valence-corrected chi connectivity index (χ2v) is 9.09. The van der Waals surface area contributed by atoms with Gasteiger partial charge in [0.2, 0.25) is 0 Å². The second-order valence-electron chi connectivity index (χ2n) is 9.09. The lowest BCUT2D eigenvalue weighted by Gasteiger charge is -2.30. The summed E-state index contributed by atoms with van der Waals surface area (Å²) in [6, 6.07) is 16.5. The summed E-state index contributed by atoms with van der Waals surface area (Å²) in [4.78, 5) is 0. The fourth-order valence-corrected chi connectivity index (χ4v) is 3.71. The Kier molecular flexibility index (Phi) is 7.32. The molecule has 0 heterocycles. The summed E-state index contributed by atoms with van der Waals surface area (Å²) >= 11 is 0. The monoisotopic (exact) mass is 370 g/mol. The lowest BCUT2D eigenvalue weighted by Crippen LogP contribution is -2.94. The first-order valence-electron chi connectivity index (χ1n) is 9.96. The minimum atomic E-state index is 0.163. The Balaban J connectivity index is 2.16. The molecule has 0 bridgehead atoms. The average Bonchev–Trinajstić information content (AvgIpc) is 2.58. The van der Waals surface area contributed by atoms with Gasteiger partial charge in [0.05, 0.1) is 17.7 Å². The van der Waals surface area contributed by atoms with Crippen LogP contribution >= 0.6 is 0 Å². The van der Waals surface area contributed by atoms with Crippen molar-refractivity contribution in [1.82, 2.24) is 0 Å². The van der Waals surface area contributed by atoms with Crippen LogP contribution in [-0.2, 0) is 13.2 Å². The summed E-state index contributed by atoms with van der Waals surface area (Å²) in [5, 5.41) is 2.42. The lowest BCUT2D eigenvalue weighted by molar-refractivity contribution is -0.737.